The third-order valence-electron chi connectivity index (χ3n) is 2.72. The van der Waals surface area contributed by atoms with Gasteiger partial charge in [0.05, 0.1) is 0 Å². The number of hydrogen-bond donors (Lipinski definition) is 0. The number of anilines is 1. The van der Waals surface area contributed by atoms with Crippen LogP contribution >= 0.6 is 0 Å². The first-order valence-corrected chi connectivity index (χ1v) is 5.69. The molecule has 2 rings (SSSR count). The van der Waals surface area contributed by atoms with Crippen LogP contribution in [0.25, 0.3) is 12.7 Å². The van der Waals surface area contributed by atoms with Crippen LogP contribution in [0.4, 0.5) is 5.69 Å². The molecule has 0 unspecified atom stereocenters. The van der Waals surface area contributed by atoms with Gasteiger partial charge in [-0.1, -0.05) is 43.0 Å². The predicted molar refractivity (Wildman–Crippen MR) is 75.6 cm³/mol. The SMILES string of the molecule is C=c1ccc(=Cc2ccc(N(C)C)cc2)cc1. The van der Waals surface area contributed by atoms with Crippen molar-refractivity contribution in [2.45, 2.75) is 0 Å². The Balaban J connectivity index is 2.33. The third kappa shape index (κ3) is 2.97. The van der Waals surface area contributed by atoms with E-state index in [0.29, 0.717) is 0 Å². The monoisotopic (exact) mass is 223 g/mol. The fourth-order valence-electron chi connectivity index (χ4n) is 1.68. The van der Waals surface area contributed by atoms with Crippen molar-refractivity contribution in [2.24, 2.45) is 0 Å². The number of nitrogens with zero attached hydrogens (tertiary/aromatic N) is 1. The average molecular weight is 223 g/mol. The first-order valence-electron chi connectivity index (χ1n) is 5.69. The highest BCUT2D eigenvalue weighted by Crippen LogP contribution is 2.12. The van der Waals surface area contributed by atoms with Gasteiger partial charge in [-0.25, -0.2) is 0 Å². The summed E-state index contributed by atoms with van der Waals surface area (Å²) in [5, 5.41) is 2.25. The third-order valence-corrected chi connectivity index (χ3v) is 2.72. The second-order valence-electron chi connectivity index (χ2n) is 4.37. The predicted octanol–water partition coefficient (Wildman–Crippen LogP) is 1.99. The normalized spacial score (nSPS) is 10.0. The van der Waals surface area contributed by atoms with Crippen molar-refractivity contribution in [2.75, 3.05) is 19.0 Å². The minimum Gasteiger partial charge on any atom is -0.378 e. The molecule has 0 fully saturated rings. The van der Waals surface area contributed by atoms with Gasteiger partial charge in [0.2, 0.25) is 0 Å². The van der Waals surface area contributed by atoms with Gasteiger partial charge in [-0.2, -0.15) is 0 Å². The number of hydrogen-bond acceptors (Lipinski definition) is 1. The zero-order chi connectivity index (χ0) is 12.3. The van der Waals surface area contributed by atoms with Crippen LogP contribution in [0.1, 0.15) is 5.56 Å². The molecule has 0 amide bonds. The fourth-order valence-corrected chi connectivity index (χ4v) is 1.68. The van der Waals surface area contributed by atoms with Gasteiger partial charge in [0, 0.05) is 19.8 Å². The molecular weight excluding hydrogens is 206 g/mol. The van der Waals surface area contributed by atoms with Crippen LogP contribution in [0.3, 0.4) is 0 Å². The molecule has 0 atom stereocenters. The Morgan fingerprint density at radius 2 is 1.47 bits per heavy atom. The fraction of sp³-hybridized carbons (Fsp3) is 0.125. The van der Waals surface area contributed by atoms with Crippen LogP contribution in [0.2, 0.25) is 0 Å². The van der Waals surface area contributed by atoms with Gasteiger partial charge < -0.3 is 4.90 Å². The summed E-state index contributed by atoms with van der Waals surface area (Å²) in [5.41, 5.74) is 2.43. The molecular formula is C16H17N. The van der Waals surface area contributed by atoms with E-state index in [1.807, 2.05) is 26.2 Å². The molecule has 0 heterocycles. The summed E-state index contributed by atoms with van der Waals surface area (Å²) in [6, 6.07) is 16.7. The molecule has 0 spiro atoms. The van der Waals surface area contributed by atoms with Gasteiger partial charge in [-0.3, -0.25) is 0 Å². The Bertz CT molecular complexity index is 571. The first kappa shape index (κ1) is 11.5. The summed E-state index contributed by atoms with van der Waals surface area (Å²) in [5.74, 6) is 0. The summed E-state index contributed by atoms with van der Waals surface area (Å²) in [6.45, 7) is 3.88. The molecule has 0 saturated carbocycles. The van der Waals surface area contributed by atoms with Gasteiger partial charge in [-0.15, -0.1) is 0 Å². The average Bonchev–Trinajstić information content (AvgIpc) is 2.33. The number of benzene rings is 2. The lowest BCUT2D eigenvalue weighted by molar-refractivity contribution is 1.13. The van der Waals surface area contributed by atoms with E-state index in [4.69, 9.17) is 0 Å². The Labute approximate surface area is 102 Å². The van der Waals surface area contributed by atoms with Crippen molar-refractivity contribution < 1.29 is 0 Å². The summed E-state index contributed by atoms with van der Waals surface area (Å²) in [7, 11) is 4.09. The molecule has 0 N–H and O–H groups in total. The Hall–Kier alpha value is -2.02. The Kier molecular flexibility index (Phi) is 3.29. The van der Waals surface area contributed by atoms with Crippen molar-refractivity contribution in [1.29, 1.82) is 0 Å². The first-order chi connectivity index (χ1) is 8.15. The quantitative estimate of drug-likeness (QED) is 0.752. The molecule has 2 aromatic carbocycles. The molecule has 0 saturated heterocycles. The van der Waals surface area contributed by atoms with Gasteiger partial charge in [0.25, 0.3) is 0 Å². The standard InChI is InChI=1S/C16H17N/c1-13-4-6-14(7-5-13)12-15-8-10-16(11-9-15)17(2)3/h4-12H,1H2,2-3H3. The van der Waals surface area contributed by atoms with E-state index >= 15 is 0 Å². The van der Waals surface area contributed by atoms with Gasteiger partial charge >= 0.3 is 0 Å². The molecule has 0 aliphatic carbocycles. The maximum Gasteiger partial charge on any atom is 0.0361 e. The van der Waals surface area contributed by atoms with E-state index in [2.05, 4.69) is 54.0 Å². The lowest BCUT2D eigenvalue weighted by Crippen LogP contribution is -2.08. The Morgan fingerprint density at radius 3 is 2.00 bits per heavy atom. The zero-order valence-electron chi connectivity index (χ0n) is 10.4. The van der Waals surface area contributed by atoms with E-state index in [9.17, 15) is 0 Å². The molecule has 0 aromatic heterocycles. The maximum atomic E-state index is 3.88. The van der Waals surface area contributed by atoms with E-state index in [1.54, 1.807) is 0 Å². The van der Waals surface area contributed by atoms with Crippen LogP contribution < -0.4 is 15.3 Å². The van der Waals surface area contributed by atoms with Crippen LogP contribution in [-0.4, -0.2) is 14.1 Å². The van der Waals surface area contributed by atoms with Crippen molar-refractivity contribution in [3.05, 3.63) is 64.5 Å². The van der Waals surface area contributed by atoms with Gasteiger partial charge in [0.1, 0.15) is 0 Å². The van der Waals surface area contributed by atoms with Crippen LogP contribution in [0.15, 0.2) is 48.5 Å². The summed E-state index contributed by atoms with van der Waals surface area (Å²) >= 11 is 0. The molecule has 17 heavy (non-hydrogen) atoms. The van der Waals surface area contributed by atoms with Crippen molar-refractivity contribution >= 4 is 18.3 Å². The molecule has 2 aromatic rings. The molecule has 0 bridgehead atoms. The molecule has 0 aliphatic heterocycles. The van der Waals surface area contributed by atoms with Crippen LogP contribution in [-0.2, 0) is 0 Å². The zero-order valence-corrected chi connectivity index (χ0v) is 10.4. The Morgan fingerprint density at radius 1 is 0.882 bits per heavy atom. The molecule has 86 valence electrons. The van der Waals surface area contributed by atoms with E-state index < -0.39 is 0 Å². The van der Waals surface area contributed by atoms with Crippen LogP contribution in [0, 0.1) is 0 Å². The van der Waals surface area contributed by atoms with E-state index in [0.717, 1.165) is 5.22 Å². The van der Waals surface area contributed by atoms with E-state index in [-0.39, 0.29) is 0 Å². The van der Waals surface area contributed by atoms with Crippen molar-refractivity contribution in [1.82, 2.24) is 0 Å². The van der Waals surface area contributed by atoms with Gasteiger partial charge in [0.15, 0.2) is 0 Å². The van der Waals surface area contributed by atoms with E-state index in [1.165, 1.54) is 16.5 Å². The second-order valence-corrected chi connectivity index (χ2v) is 4.37. The smallest absolute Gasteiger partial charge is 0.0361 e. The second kappa shape index (κ2) is 4.88. The van der Waals surface area contributed by atoms with Gasteiger partial charge in [-0.05, 0) is 34.2 Å². The minimum absolute atomic E-state index is 1.05. The molecule has 0 aliphatic rings. The maximum absolute atomic E-state index is 3.88. The number of rotatable bonds is 2. The lowest BCUT2D eigenvalue weighted by Gasteiger charge is -2.11. The highest BCUT2D eigenvalue weighted by molar-refractivity contribution is 5.55. The molecule has 1 nitrogen and oxygen atoms in total. The highest BCUT2D eigenvalue weighted by atomic mass is 15.1. The minimum atomic E-state index is 1.05. The van der Waals surface area contributed by atoms with Crippen molar-refractivity contribution in [3.63, 3.8) is 0 Å². The highest BCUT2D eigenvalue weighted by Gasteiger charge is 1.93. The largest absolute Gasteiger partial charge is 0.378 e. The van der Waals surface area contributed by atoms with Crippen LogP contribution in [0.5, 0.6) is 0 Å². The summed E-state index contributed by atoms with van der Waals surface area (Å²) in [6.07, 6.45) is 2.17. The molecule has 0 radical (unpaired) electrons. The lowest BCUT2D eigenvalue weighted by atomic mass is 10.1. The summed E-state index contributed by atoms with van der Waals surface area (Å²) in [4.78, 5) is 2.10. The molecule has 1 heteroatoms. The topological polar surface area (TPSA) is 3.24 Å². The summed E-state index contributed by atoms with van der Waals surface area (Å²) < 4.78 is 0. The van der Waals surface area contributed by atoms with Crippen molar-refractivity contribution in [3.8, 4) is 0 Å².